The first-order chi connectivity index (χ1) is 10.3. The highest BCUT2D eigenvalue weighted by Crippen LogP contribution is 2.29. The molecule has 3 aromatic rings. The lowest BCUT2D eigenvalue weighted by Crippen LogP contribution is -2.02. The van der Waals surface area contributed by atoms with Gasteiger partial charge in [-0.05, 0) is 29.8 Å². The highest BCUT2D eigenvalue weighted by atomic mass is 16.5. The summed E-state index contributed by atoms with van der Waals surface area (Å²) in [6.07, 6.45) is 1.79. The number of hydrogen-bond donors (Lipinski definition) is 2. The Kier molecular flexibility index (Phi) is 3.60. The van der Waals surface area contributed by atoms with Crippen LogP contribution in [0.3, 0.4) is 0 Å². The van der Waals surface area contributed by atoms with Crippen LogP contribution < -0.4 is 15.8 Å². The summed E-state index contributed by atoms with van der Waals surface area (Å²) in [5, 5.41) is 5.47. The predicted molar refractivity (Wildman–Crippen MR) is 86.5 cm³/mol. The maximum absolute atomic E-state index is 5.69. The van der Waals surface area contributed by atoms with Crippen LogP contribution in [0.1, 0.15) is 5.56 Å². The number of nitrogens with zero attached hydrogens (tertiary/aromatic N) is 1. The zero-order valence-electron chi connectivity index (χ0n) is 11.8. The minimum Gasteiger partial charge on any atom is -0.496 e. The highest BCUT2D eigenvalue weighted by molar-refractivity contribution is 5.95. The van der Waals surface area contributed by atoms with Crippen LogP contribution >= 0.6 is 0 Å². The third-order valence-electron chi connectivity index (χ3n) is 3.43. The number of aromatic nitrogens is 1. The average molecular weight is 279 g/mol. The van der Waals surface area contributed by atoms with E-state index >= 15 is 0 Å². The monoisotopic (exact) mass is 279 g/mol. The van der Waals surface area contributed by atoms with Gasteiger partial charge in [-0.1, -0.05) is 24.3 Å². The third kappa shape index (κ3) is 2.74. The van der Waals surface area contributed by atoms with Crippen LogP contribution in [0.5, 0.6) is 5.75 Å². The van der Waals surface area contributed by atoms with Crippen molar-refractivity contribution in [3.8, 4) is 5.75 Å². The molecule has 0 aliphatic heterocycles. The number of nitrogen functional groups attached to an aromatic ring is 1. The van der Waals surface area contributed by atoms with Crippen molar-refractivity contribution in [2.24, 2.45) is 0 Å². The standard InChI is InChI=1S/C17H17N3O/c1-21-16-4-2-3-15-14(16)9-10-19-17(15)20-11-12-5-7-13(18)8-6-12/h2-10H,11,18H2,1H3,(H,19,20). The van der Waals surface area contributed by atoms with Crippen LogP contribution in [0, 0.1) is 0 Å². The second-order valence-corrected chi connectivity index (χ2v) is 4.81. The Labute approximate surface area is 123 Å². The minimum absolute atomic E-state index is 0.698. The SMILES string of the molecule is COc1cccc2c(NCc3ccc(N)cc3)nccc12. The first-order valence-electron chi connectivity index (χ1n) is 6.78. The largest absolute Gasteiger partial charge is 0.496 e. The van der Waals surface area contributed by atoms with E-state index < -0.39 is 0 Å². The van der Waals surface area contributed by atoms with E-state index in [1.165, 1.54) is 0 Å². The van der Waals surface area contributed by atoms with E-state index in [4.69, 9.17) is 10.5 Å². The number of pyridine rings is 1. The minimum atomic E-state index is 0.698. The number of methoxy groups -OCH3 is 1. The highest BCUT2D eigenvalue weighted by Gasteiger charge is 2.06. The number of anilines is 2. The zero-order valence-corrected chi connectivity index (χ0v) is 11.8. The number of rotatable bonds is 4. The third-order valence-corrected chi connectivity index (χ3v) is 3.43. The molecule has 4 nitrogen and oxygen atoms in total. The van der Waals surface area contributed by atoms with Gasteiger partial charge in [-0.3, -0.25) is 0 Å². The second-order valence-electron chi connectivity index (χ2n) is 4.81. The molecule has 21 heavy (non-hydrogen) atoms. The summed E-state index contributed by atoms with van der Waals surface area (Å²) >= 11 is 0. The molecule has 0 radical (unpaired) electrons. The molecule has 0 atom stereocenters. The fourth-order valence-electron chi connectivity index (χ4n) is 2.32. The van der Waals surface area contributed by atoms with Gasteiger partial charge in [-0.15, -0.1) is 0 Å². The molecule has 1 heterocycles. The number of ether oxygens (including phenoxy) is 1. The molecular weight excluding hydrogens is 262 g/mol. The van der Waals surface area contributed by atoms with Crippen molar-refractivity contribution in [2.75, 3.05) is 18.2 Å². The first kappa shape index (κ1) is 13.2. The zero-order chi connectivity index (χ0) is 14.7. The molecule has 0 saturated heterocycles. The van der Waals surface area contributed by atoms with Crippen LogP contribution in [-0.2, 0) is 6.54 Å². The molecule has 106 valence electrons. The summed E-state index contributed by atoms with van der Waals surface area (Å²) in [7, 11) is 1.68. The first-order valence-corrected chi connectivity index (χ1v) is 6.78. The van der Waals surface area contributed by atoms with E-state index in [0.29, 0.717) is 6.54 Å². The molecule has 0 unspecified atom stereocenters. The molecule has 3 rings (SSSR count). The molecule has 1 aromatic heterocycles. The van der Waals surface area contributed by atoms with Gasteiger partial charge in [-0.2, -0.15) is 0 Å². The van der Waals surface area contributed by atoms with Crippen molar-refractivity contribution >= 4 is 22.3 Å². The maximum atomic E-state index is 5.69. The Hall–Kier alpha value is -2.75. The molecular formula is C17H17N3O. The van der Waals surface area contributed by atoms with Gasteiger partial charge in [0.1, 0.15) is 11.6 Å². The van der Waals surface area contributed by atoms with E-state index in [-0.39, 0.29) is 0 Å². The van der Waals surface area contributed by atoms with Gasteiger partial charge in [0.05, 0.1) is 7.11 Å². The van der Waals surface area contributed by atoms with Gasteiger partial charge in [0, 0.05) is 29.2 Å². The molecule has 4 heteroatoms. The lowest BCUT2D eigenvalue weighted by Gasteiger charge is -2.11. The fourth-order valence-corrected chi connectivity index (χ4v) is 2.32. The van der Waals surface area contributed by atoms with Crippen LogP contribution in [0.15, 0.2) is 54.7 Å². The molecule has 0 saturated carbocycles. The lowest BCUT2D eigenvalue weighted by molar-refractivity contribution is 0.420. The van der Waals surface area contributed by atoms with Gasteiger partial charge in [-0.25, -0.2) is 4.98 Å². The van der Waals surface area contributed by atoms with Crippen molar-refractivity contribution < 1.29 is 4.74 Å². The average Bonchev–Trinajstić information content (AvgIpc) is 2.53. The van der Waals surface area contributed by atoms with E-state index in [2.05, 4.69) is 10.3 Å². The lowest BCUT2D eigenvalue weighted by atomic mass is 10.1. The molecule has 0 aliphatic carbocycles. The fraction of sp³-hybridized carbons (Fsp3) is 0.118. The van der Waals surface area contributed by atoms with E-state index in [1.807, 2.05) is 48.5 Å². The Bertz CT molecular complexity index is 754. The molecule has 3 N–H and O–H groups in total. The maximum Gasteiger partial charge on any atom is 0.134 e. The van der Waals surface area contributed by atoms with Gasteiger partial charge >= 0.3 is 0 Å². The van der Waals surface area contributed by atoms with E-state index in [0.717, 1.165) is 33.6 Å². The van der Waals surface area contributed by atoms with Crippen LogP contribution in [-0.4, -0.2) is 12.1 Å². The Morgan fingerprint density at radius 3 is 2.62 bits per heavy atom. The Morgan fingerprint density at radius 1 is 1.05 bits per heavy atom. The topological polar surface area (TPSA) is 60.2 Å². The summed E-state index contributed by atoms with van der Waals surface area (Å²) in [5.74, 6) is 1.70. The van der Waals surface area contributed by atoms with Crippen molar-refractivity contribution in [3.05, 3.63) is 60.3 Å². The predicted octanol–water partition coefficient (Wildman–Crippen LogP) is 3.44. The molecule has 0 fully saturated rings. The Morgan fingerprint density at radius 2 is 1.86 bits per heavy atom. The van der Waals surface area contributed by atoms with E-state index in [9.17, 15) is 0 Å². The summed E-state index contributed by atoms with van der Waals surface area (Å²) in [4.78, 5) is 4.42. The van der Waals surface area contributed by atoms with Gasteiger partial charge in [0.25, 0.3) is 0 Å². The smallest absolute Gasteiger partial charge is 0.134 e. The van der Waals surface area contributed by atoms with Gasteiger partial charge in [0.2, 0.25) is 0 Å². The molecule has 0 bridgehead atoms. The van der Waals surface area contributed by atoms with Gasteiger partial charge < -0.3 is 15.8 Å². The number of nitrogens with two attached hydrogens (primary N) is 1. The number of nitrogens with one attached hydrogen (secondary N) is 1. The normalized spacial score (nSPS) is 10.5. The number of fused-ring (bicyclic) bond motifs is 1. The van der Waals surface area contributed by atoms with Crippen molar-refractivity contribution in [2.45, 2.75) is 6.54 Å². The van der Waals surface area contributed by atoms with Crippen molar-refractivity contribution in [1.29, 1.82) is 0 Å². The summed E-state index contributed by atoms with van der Waals surface area (Å²) in [6, 6.07) is 15.7. The summed E-state index contributed by atoms with van der Waals surface area (Å²) in [5.41, 5.74) is 7.62. The Balaban J connectivity index is 1.88. The molecule has 0 aliphatic rings. The van der Waals surface area contributed by atoms with Crippen LogP contribution in [0.2, 0.25) is 0 Å². The summed E-state index contributed by atoms with van der Waals surface area (Å²) < 4.78 is 5.39. The van der Waals surface area contributed by atoms with E-state index in [1.54, 1.807) is 13.3 Å². The van der Waals surface area contributed by atoms with Crippen molar-refractivity contribution in [3.63, 3.8) is 0 Å². The second kappa shape index (κ2) is 5.71. The molecule has 0 spiro atoms. The number of hydrogen-bond acceptors (Lipinski definition) is 4. The molecule has 0 amide bonds. The van der Waals surface area contributed by atoms with Gasteiger partial charge in [0.15, 0.2) is 0 Å². The number of benzene rings is 2. The van der Waals surface area contributed by atoms with Crippen molar-refractivity contribution in [1.82, 2.24) is 4.98 Å². The van der Waals surface area contributed by atoms with Crippen LogP contribution in [0.4, 0.5) is 11.5 Å². The van der Waals surface area contributed by atoms with Crippen LogP contribution in [0.25, 0.3) is 10.8 Å². The summed E-state index contributed by atoms with van der Waals surface area (Å²) in [6.45, 7) is 0.698. The molecule has 2 aromatic carbocycles. The quantitative estimate of drug-likeness (QED) is 0.718.